The van der Waals surface area contributed by atoms with Crippen molar-refractivity contribution in [3.05, 3.63) is 70.8 Å². The number of hydrogen-bond acceptors (Lipinski definition) is 5. The van der Waals surface area contributed by atoms with E-state index in [0.29, 0.717) is 11.1 Å². The fourth-order valence-corrected chi connectivity index (χ4v) is 3.37. The predicted octanol–water partition coefficient (Wildman–Crippen LogP) is 2.13. The van der Waals surface area contributed by atoms with Crippen molar-refractivity contribution in [3.8, 4) is 0 Å². The van der Waals surface area contributed by atoms with Crippen LogP contribution in [0.5, 0.6) is 0 Å². The molecule has 0 fully saturated rings. The highest BCUT2D eigenvalue weighted by Crippen LogP contribution is 2.45. The van der Waals surface area contributed by atoms with Crippen LogP contribution in [0.4, 0.5) is 0 Å². The van der Waals surface area contributed by atoms with Gasteiger partial charge in [-0.25, -0.2) is 9.59 Å². The quantitative estimate of drug-likeness (QED) is 0.808. The number of hydrogen-bond donors (Lipinski definition) is 1. The molecular formula is C18H12O6. The van der Waals surface area contributed by atoms with Gasteiger partial charge in [0.1, 0.15) is 0 Å². The topological polar surface area (TPSA) is 89.9 Å². The van der Waals surface area contributed by atoms with Crippen molar-refractivity contribution < 1.29 is 29.0 Å². The average Bonchev–Trinajstić information content (AvgIpc) is 2.54. The molecule has 1 N–H and O–H groups in total. The summed E-state index contributed by atoms with van der Waals surface area (Å²) in [6, 6.07) is 13.0. The molecule has 0 unspecified atom stereocenters. The standard InChI is InChI=1S/C18H12O6/c19-15(20)14-12-7-3-4-8-13(12)17(22)24-18(14)9-10-5-1-2-6-11(10)16(21)23-18/h1-8,14H,9H2,(H,19,20)/t14-,18+/m0/s1. The van der Waals surface area contributed by atoms with Crippen LogP contribution < -0.4 is 0 Å². The van der Waals surface area contributed by atoms with E-state index in [1.807, 2.05) is 0 Å². The highest BCUT2D eigenvalue weighted by Gasteiger charge is 2.57. The minimum absolute atomic E-state index is 0.00798. The van der Waals surface area contributed by atoms with Crippen LogP contribution >= 0.6 is 0 Å². The maximum Gasteiger partial charge on any atom is 0.341 e. The number of rotatable bonds is 1. The SMILES string of the molecule is O=C1O[C@]2(Cc3ccccc31)OC(=O)c1ccccc1[C@H]2C(=O)O. The second kappa shape index (κ2) is 4.92. The summed E-state index contributed by atoms with van der Waals surface area (Å²) in [5, 5.41) is 9.74. The average molecular weight is 324 g/mol. The van der Waals surface area contributed by atoms with E-state index in [9.17, 15) is 19.5 Å². The van der Waals surface area contributed by atoms with Gasteiger partial charge in [-0.05, 0) is 23.3 Å². The molecule has 4 rings (SSSR count). The van der Waals surface area contributed by atoms with Gasteiger partial charge in [0.25, 0.3) is 5.79 Å². The van der Waals surface area contributed by atoms with E-state index < -0.39 is 29.6 Å². The molecule has 2 aliphatic heterocycles. The highest BCUT2D eigenvalue weighted by atomic mass is 16.7. The normalized spacial score (nSPS) is 24.6. The second-order valence-electron chi connectivity index (χ2n) is 5.78. The molecule has 0 aromatic heterocycles. The lowest BCUT2D eigenvalue weighted by Crippen LogP contribution is -2.55. The van der Waals surface area contributed by atoms with E-state index in [-0.39, 0.29) is 17.5 Å². The Morgan fingerprint density at radius 2 is 1.54 bits per heavy atom. The first-order chi connectivity index (χ1) is 11.5. The minimum Gasteiger partial charge on any atom is -0.481 e. The van der Waals surface area contributed by atoms with E-state index in [1.165, 1.54) is 6.07 Å². The number of ether oxygens (including phenoxy) is 2. The van der Waals surface area contributed by atoms with E-state index in [4.69, 9.17) is 9.47 Å². The van der Waals surface area contributed by atoms with Crippen LogP contribution in [0.2, 0.25) is 0 Å². The molecule has 2 atom stereocenters. The lowest BCUT2D eigenvalue weighted by Gasteiger charge is -2.43. The highest BCUT2D eigenvalue weighted by molar-refractivity contribution is 5.98. The van der Waals surface area contributed by atoms with Gasteiger partial charge >= 0.3 is 17.9 Å². The molecule has 0 saturated heterocycles. The van der Waals surface area contributed by atoms with Gasteiger partial charge in [0.2, 0.25) is 0 Å². The number of fused-ring (bicyclic) bond motifs is 2. The molecular weight excluding hydrogens is 312 g/mol. The maximum absolute atomic E-state index is 12.3. The number of carbonyl (C=O) groups excluding carboxylic acids is 2. The van der Waals surface area contributed by atoms with Gasteiger partial charge in [-0.1, -0.05) is 36.4 Å². The van der Waals surface area contributed by atoms with Crippen LogP contribution in [0.1, 0.15) is 37.8 Å². The molecule has 2 aromatic rings. The molecule has 0 bridgehead atoms. The number of carboxylic acids is 1. The molecule has 0 aliphatic carbocycles. The number of aliphatic carboxylic acids is 1. The van der Waals surface area contributed by atoms with Crippen LogP contribution in [0.15, 0.2) is 48.5 Å². The summed E-state index contributed by atoms with van der Waals surface area (Å²) in [5.41, 5.74) is 1.40. The zero-order valence-corrected chi connectivity index (χ0v) is 12.4. The molecule has 120 valence electrons. The van der Waals surface area contributed by atoms with Gasteiger partial charge < -0.3 is 14.6 Å². The summed E-state index contributed by atoms with van der Waals surface area (Å²) >= 11 is 0. The van der Waals surface area contributed by atoms with Crippen molar-refractivity contribution in [2.45, 2.75) is 18.1 Å². The molecule has 1 spiro atoms. The lowest BCUT2D eigenvalue weighted by molar-refractivity contribution is -0.201. The van der Waals surface area contributed by atoms with Crippen molar-refractivity contribution >= 4 is 17.9 Å². The van der Waals surface area contributed by atoms with E-state index in [2.05, 4.69) is 0 Å². The van der Waals surface area contributed by atoms with Gasteiger partial charge in [0, 0.05) is 0 Å². The van der Waals surface area contributed by atoms with Crippen LogP contribution in [0.25, 0.3) is 0 Å². The van der Waals surface area contributed by atoms with Crippen LogP contribution in [-0.4, -0.2) is 28.8 Å². The second-order valence-corrected chi connectivity index (χ2v) is 5.78. The fraction of sp³-hybridized carbons (Fsp3) is 0.167. The number of esters is 2. The summed E-state index contributed by atoms with van der Waals surface area (Å²) in [6.45, 7) is 0. The number of carbonyl (C=O) groups is 3. The lowest BCUT2D eigenvalue weighted by atomic mass is 9.80. The molecule has 6 heteroatoms. The largest absolute Gasteiger partial charge is 0.481 e. The number of carboxylic acid groups (broad SMARTS) is 1. The van der Waals surface area contributed by atoms with E-state index in [0.717, 1.165) is 0 Å². The first kappa shape index (κ1) is 14.4. The Balaban J connectivity index is 1.91. The molecule has 0 amide bonds. The molecule has 24 heavy (non-hydrogen) atoms. The van der Waals surface area contributed by atoms with Crippen LogP contribution in [0, 0.1) is 0 Å². The predicted molar refractivity (Wildman–Crippen MR) is 80.5 cm³/mol. The van der Waals surface area contributed by atoms with Gasteiger partial charge in [0.15, 0.2) is 5.92 Å². The van der Waals surface area contributed by atoms with Crippen molar-refractivity contribution in [1.29, 1.82) is 0 Å². The zero-order valence-electron chi connectivity index (χ0n) is 12.4. The zero-order chi connectivity index (χ0) is 16.9. The Hall–Kier alpha value is -3.15. The fourth-order valence-electron chi connectivity index (χ4n) is 3.37. The monoisotopic (exact) mass is 324 g/mol. The first-order valence-electron chi connectivity index (χ1n) is 7.38. The smallest absolute Gasteiger partial charge is 0.341 e. The third-order valence-electron chi connectivity index (χ3n) is 4.38. The van der Waals surface area contributed by atoms with Crippen LogP contribution in [0.3, 0.4) is 0 Å². The molecule has 2 heterocycles. The van der Waals surface area contributed by atoms with Crippen LogP contribution in [-0.2, 0) is 20.7 Å². The summed E-state index contributed by atoms with van der Waals surface area (Å²) in [4.78, 5) is 36.6. The Labute approximate surface area is 136 Å². The summed E-state index contributed by atoms with van der Waals surface area (Å²) in [7, 11) is 0. The van der Waals surface area contributed by atoms with Crippen molar-refractivity contribution in [2.75, 3.05) is 0 Å². The van der Waals surface area contributed by atoms with E-state index >= 15 is 0 Å². The first-order valence-corrected chi connectivity index (χ1v) is 7.38. The van der Waals surface area contributed by atoms with Gasteiger partial charge in [-0.2, -0.15) is 0 Å². The Morgan fingerprint density at radius 1 is 0.958 bits per heavy atom. The Kier molecular flexibility index (Phi) is 2.96. The molecule has 0 saturated carbocycles. The summed E-state index contributed by atoms with van der Waals surface area (Å²) in [5.74, 6) is -5.78. The van der Waals surface area contributed by atoms with Gasteiger partial charge in [0.05, 0.1) is 17.5 Å². The minimum atomic E-state index is -1.87. The van der Waals surface area contributed by atoms with Gasteiger partial charge in [-0.3, -0.25) is 4.79 Å². The van der Waals surface area contributed by atoms with Crippen molar-refractivity contribution in [2.24, 2.45) is 0 Å². The third kappa shape index (κ3) is 1.93. The molecule has 6 nitrogen and oxygen atoms in total. The Morgan fingerprint density at radius 3 is 2.25 bits per heavy atom. The van der Waals surface area contributed by atoms with Gasteiger partial charge in [-0.15, -0.1) is 0 Å². The van der Waals surface area contributed by atoms with Crippen molar-refractivity contribution in [3.63, 3.8) is 0 Å². The summed E-state index contributed by atoms with van der Waals surface area (Å²) < 4.78 is 10.8. The molecule has 2 aromatic carbocycles. The van der Waals surface area contributed by atoms with E-state index in [1.54, 1.807) is 42.5 Å². The number of benzene rings is 2. The van der Waals surface area contributed by atoms with Crippen molar-refractivity contribution in [1.82, 2.24) is 0 Å². The Bertz CT molecular complexity index is 883. The summed E-state index contributed by atoms with van der Waals surface area (Å²) in [6.07, 6.45) is -0.00798. The third-order valence-corrected chi connectivity index (χ3v) is 4.38. The maximum atomic E-state index is 12.3. The molecule has 2 aliphatic rings. The molecule has 0 radical (unpaired) electrons.